The summed E-state index contributed by atoms with van der Waals surface area (Å²) in [7, 11) is 0. The quantitative estimate of drug-likeness (QED) is 0.292. The van der Waals surface area contributed by atoms with Crippen molar-refractivity contribution in [2.75, 3.05) is 0 Å². The number of carbonyl (C=O) groups is 2. The lowest BCUT2D eigenvalue weighted by atomic mass is 9.95. The van der Waals surface area contributed by atoms with Crippen molar-refractivity contribution >= 4 is 11.9 Å². The molecule has 134 valence electrons. The molecule has 0 fully saturated rings. The summed E-state index contributed by atoms with van der Waals surface area (Å²) in [6, 6.07) is 0. The van der Waals surface area contributed by atoms with E-state index >= 15 is 0 Å². The molecule has 0 aromatic heterocycles. The number of esters is 1. The summed E-state index contributed by atoms with van der Waals surface area (Å²) in [4.78, 5) is 22.4. The van der Waals surface area contributed by atoms with Gasteiger partial charge >= 0.3 is 11.9 Å². The monoisotopic (exact) mass is 336 g/mol. The van der Waals surface area contributed by atoms with Crippen LogP contribution in [0.3, 0.4) is 0 Å². The van der Waals surface area contributed by atoms with Gasteiger partial charge in [-0.05, 0) is 37.0 Å². The molecule has 0 aromatic carbocycles. The fraction of sp³-hybridized carbons (Fsp3) is 0.579. The van der Waals surface area contributed by atoms with E-state index in [2.05, 4.69) is 13.8 Å². The van der Waals surface area contributed by atoms with Crippen LogP contribution >= 0.6 is 0 Å². The molecule has 0 bridgehead atoms. The first-order valence-corrected chi connectivity index (χ1v) is 8.55. The van der Waals surface area contributed by atoms with Gasteiger partial charge < -0.3 is 14.9 Å². The molecule has 0 aromatic rings. The van der Waals surface area contributed by atoms with Crippen LogP contribution < -0.4 is 0 Å². The molecule has 0 spiro atoms. The Bertz CT molecular complexity index is 530. The molecule has 3 unspecified atom stereocenters. The van der Waals surface area contributed by atoms with Crippen LogP contribution in [0.5, 0.6) is 0 Å². The summed E-state index contributed by atoms with van der Waals surface area (Å²) >= 11 is 0. The lowest BCUT2D eigenvalue weighted by Crippen LogP contribution is -2.36. The molecule has 1 aliphatic rings. The zero-order chi connectivity index (χ0) is 18.1. The van der Waals surface area contributed by atoms with Crippen molar-refractivity contribution in [2.45, 2.75) is 65.1 Å². The van der Waals surface area contributed by atoms with Gasteiger partial charge in [0.05, 0.1) is 5.57 Å². The highest BCUT2D eigenvalue weighted by Gasteiger charge is 2.30. The Hall–Kier alpha value is -1.88. The first kappa shape index (κ1) is 20.2. The maximum absolute atomic E-state index is 11.9. The molecular formula is C19H28O5. The molecule has 2 N–H and O–H groups in total. The molecule has 1 rings (SSSR count). The summed E-state index contributed by atoms with van der Waals surface area (Å²) in [5, 5.41) is 18.8. The number of carbonyl (C=O) groups excluding carboxylic acids is 1. The van der Waals surface area contributed by atoms with Crippen molar-refractivity contribution in [3.63, 3.8) is 0 Å². The number of rotatable bonds is 9. The van der Waals surface area contributed by atoms with Gasteiger partial charge in [0.2, 0.25) is 0 Å². The summed E-state index contributed by atoms with van der Waals surface area (Å²) in [5.41, 5.74) is 0.873. The Morgan fingerprint density at radius 2 is 2.08 bits per heavy atom. The maximum atomic E-state index is 11.9. The Morgan fingerprint density at radius 3 is 2.71 bits per heavy atom. The van der Waals surface area contributed by atoms with Crippen molar-refractivity contribution in [1.82, 2.24) is 0 Å². The van der Waals surface area contributed by atoms with E-state index in [9.17, 15) is 14.7 Å². The zero-order valence-corrected chi connectivity index (χ0v) is 14.7. The standard InChI is InChI=1S/C19H28O5/c1-4-5-6-7-8-13(2)11-14(3)18-16(20)12-15(19(23)24-18)9-10-17(21)22/h9-13,16,18,20H,4-8H2,1-3H3,(H,21,22). The average molecular weight is 336 g/mol. The van der Waals surface area contributed by atoms with Crippen LogP contribution in [0.1, 0.15) is 52.9 Å². The van der Waals surface area contributed by atoms with E-state index in [1.165, 1.54) is 25.3 Å². The largest absolute Gasteiger partial charge is 0.478 e. The number of ether oxygens (including phenoxy) is 1. The van der Waals surface area contributed by atoms with Crippen LogP contribution in [0.15, 0.2) is 35.5 Å². The number of cyclic esters (lactones) is 1. The van der Waals surface area contributed by atoms with Gasteiger partial charge in [-0.3, -0.25) is 0 Å². The van der Waals surface area contributed by atoms with E-state index in [1.54, 1.807) is 0 Å². The zero-order valence-electron chi connectivity index (χ0n) is 14.7. The molecular weight excluding hydrogens is 308 g/mol. The minimum atomic E-state index is -1.16. The molecule has 3 atom stereocenters. The third-order valence-corrected chi connectivity index (χ3v) is 4.04. The molecule has 0 saturated carbocycles. The minimum Gasteiger partial charge on any atom is -0.478 e. The highest BCUT2D eigenvalue weighted by molar-refractivity contribution is 5.94. The number of allylic oxidation sites excluding steroid dienone is 1. The van der Waals surface area contributed by atoms with Gasteiger partial charge in [-0.15, -0.1) is 0 Å². The van der Waals surface area contributed by atoms with E-state index in [1.807, 2.05) is 13.0 Å². The number of carboxylic acids is 1. The van der Waals surface area contributed by atoms with Gasteiger partial charge in [-0.25, -0.2) is 9.59 Å². The third kappa shape index (κ3) is 6.71. The molecule has 5 nitrogen and oxygen atoms in total. The molecule has 1 aliphatic heterocycles. The molecule has 0 aliphatic carbocycles. The summed E-state index contributed by atoms with van der Waals surface area (Å²) < 4.78 is 5.28. The predicted molar refractivity (Wildman–Crippen MR) is 92.4 cm³/mol. The summed E-state index contributed by atoms with van der Waals surface area (Å²) in [6.07, 6.45) is 9.59. The smallest absolute Gasteiger partial charge is 0.338 e. The van der Waals surface area contributed by atoms with Crippen LogP contribution in [0.2, 0.25) is 0 Å². The Balaban J connectivity index is 2.68. The Kier molecular flexibility index (Phi) is 8.47. The fourth-order valence-electron chi connectivity index (χ4n) is 2.76. The van der Waals surface area contributed by atoms with Gasteiger partial charge in [0.25, 0.3) is 0 Å². The fourth-order valence-corrected chi connectivity index (χ4v) is 2.76. The van der Waals surface area contributed by atoms with E-state index in [4.69, 9.17) is 9.84 Å². The first-order valence-electron chi connectivity index (χ1n) is 8.55. The van der Waals surface area contributed by atoms with Crippen LogP contribution in [-0.4, -0.2) is 34.4 Å². The van der Waals surface area contributed by atoms with Crippen molar-refractivity contribution < 1.29 is 24.5 Å². The lowest BCUT2D eigenvalue weighted by molar-refractivity contribution is -0.147. The number of hydrogen-bond acceptors (Lipinski definition) is 4. The number of aliphatic hydroxyl groups excluding tert-OH is 1. The number of unbranched alkanes of at least 4 members (excludes halogenated alkanes) is 3. The second-order valence-electron chi connectivity index (χ2n) is 6.35. The lowest BCUT2D eigenvalue weighted by Gasteiger charge is -2.27. The minimum absolute atomic E-state index is 0.0570. The van der Waals surface area contributed by atoms with Crippen LogP contribution in [0, 0.1) is 5.92 Å². The molecule has 0 amide bonds. The van der Waals surface area contributed by atoms with Crippen LogP contribution in [0.4, 0.5) is 0 Å². The van der Waals surface area contributed by atoms with Crippen LogP contribution in [0.25, 0.3) is 0 Å². The normalized spacial score (nSPS) is 23.1. The highest BCUT2D eigenvalue weighted by atomic mass is 16.6. The first-order chi connectivity index (χ1) is 11.3. The van der Waals surface area contributed by atoms with E-state index in [0.717, 1.165) is 30.6 Å². The highest BCUT2D eigenvalue weighted by Crippen LogP contribution is 2.23. The van der Waals surface area contributed by atoms with Gasteiger partial charge in [-0.1, -0.05) is 45.6 Å². The van der Waals surface area contributed by atoms with Crippen molar-refractivity contribution in [3.05, 3.63) is 35.5 Å². The van der Waals surface area contributed by atoms with Crippen molar-refractivity contribution in [2.24, 2.45) is 5.92 Å². The van der Waals surface area contributed by atoms with Crippen molar-refractivity contribution in [1.29, 1.82) is 0 Å². The molecule has 0 saturated heterocycles. The number of carboxylic acid groups (broad SMARTS) is 1. The molecule has 1 heterocycles. The second kappa shape index (κ2) is 10.1. The Labute approximate surface area is 143 Å². The van der Waals surface area contributed by atoms with Gasteiger partial charge in [0, 0.05) is 6.08 Å². The molecule has 5 heteroatoms. The summed E-state index contributed by atoms with van der Waals surface area (Å²) in [6.45, 7) is 6.14. The van der Waals surface area contributed by atoms with E-state index in [-0.39, 0.29) is 5.57 Å². The third-order valence-electron chi connectivity index (χ3n) is 4.04. The SMILES string of the molecule is CCCCCCC(C)C=C(C)C1OC(=O)C(C=CC(=O)O)=CC1O. The van der Waals surface area contributed by atoms with Gasteiger partial charge in [0.15, 0.2) is 6.10 Å². The summed E-state index contributed by atoms with van der Waals surface area (Å²) in [5.74, 6) is -1.43. The Morgan fingerprint density at radius 1 is 1.38 bits per heavy atom. The van der Waals surface area contributed by atoms with Crippen LogP contribution in [-0.2, 0) is 14.3 Å². The predicted octanol–water partition coefficient (Wildman–Crippen LogP) is 3.39. The van der Waals surface area contributed by atoms with Gasteiger partial charge in [0.1, 0.15) is 6.10 Å². The topological polar surface area (TPSA) is 83.8 Å². The van der Waals surface area contributed by atoms with Crippen molar-refractivity contribution in [3.8, 4) is 0 Å². The number of hydrogen-bond donors (Lipinski definition) is 2. The van der Waals surface area contributed by atoms with E-state index < -0.39 is 24.1 Å². The molecule has 24 heavy (non-hydrogen) atoms. The van der Waals surface area contributed by atoms with Gasteiger partial charge in [-0.2, -0.15) is 0 Å². The number of aliphatic hydroxyl groups is 1. The number of aliphatic carboxylic acids is 1. The maximum Gasteiger partial charge on any atom is 0.338 e. The second-order valence-corrected chi connectivity index (χ2v) is 6.35. The average Bonchev–Trinajstić information content (AvgIpc) is 2.51. The van der Waals surface area contributed by atoms with E-state index in [0.29, 0.717) is 5.92 Å². The molecule has 0 radical (unpaired) electrons.